The third kappa shape index (κ3) is 4.22. The van der Waals surface area contributed by atoms with Gasteiger partial charge in [-0.1, -0.05) is 38.1 Å². The van der Waals surface area contributed by atoms with Gasteiger partial charge in [0.25, 0.3) is 0 Å². The third-order valence-corrected chi connectivity index (χ3v) is 6.79. The van der Waals surface area contributed by atoms with Crippen molar-refractivity contribution in [2.75, 3.05) is 6.61 Å². The van der Waals surface area contributed by atoms with Crippen molar-refractivity contribution in [3.63, 3.8) is 0 Å². The first-order chi connectivity index (χ1) is 14.9. The van der Waals surface area contributed by atoms with Crippen LogP contribution in [0.15, 0.2) is 64.3 Å². The molecule has 1 aromatic carbocycles. The van der Waals surface area contributed by atoms with E-state index in [4.69, 9.17) is 4.74 Å². The van der Waals surface area contributed by atoms with E-state index in [0.29, 0.717) is 35.2 Å². The average Bonchev–Trinajstić information content (AvgIpc) is 3.26. The fourth-order valence-electron chi connectivity index (χ4n) is 4.37. The van der Waals surface area contributed by atoms with E-state index >= 15 is 0 Å². The molecule has 0 unspecified atom stereocenters. The zero-order valence-corrected chi connectivity index (χ0v) is 18.7. The van der Waals surface area contributed by atoms with Crippen molar-refractivity contribution >= 4 is 23.1 Å². The largest absolute Gasteiger partial charge is 0.462 e. The molecule has 2 aromatic rings. The standard InChI is InChI=1S/C25H26FNO3S/c1-14(2)13-30-25(29)22-15(3)27-19-11-16(21-9-6-10-31-21)12-20(28)24(19)23(22)17-7-4-5-8-18(17)26/h4-10,14,16,23,27H,11-13H2,1-3H3/t16-,23-/m1/s1. The highest BCUT2D eigenvalue weighted by Gasteiger charge is 2.42. The van der Waals surface area contributed by atoms with Crippen molar-refractivity contribution in [3.05, 3.63) is 80.6 Å². The Bertz CT molecular complexity index is 1070. The van der Waals surface area contributed by atoms with Gasteiger partial charge in [-0.2, -0.15) is 0 Å². The number of carbonyl (C=O) groups is 2. The molecule has 2 aliphatic rings. The van der Waals surface area contributed by atoms with Gasteiger partial charge >= 0.3 is 5.97 Å². The van der Waals surface area contributed by atoms with Crippen LogP contribution >= 0.6 is 11.3 Å². The molecule has 0 amide bonds. The Balaban J connectivity index is 1.79. The average molecular weight is 440 g/mol. The Morgan fingerprint density at radius 2 is 2.00 bits per heavy atom. The molecule has 2 atom stereocenters. The van der Waals surface area contributed by atoms with E-state index in [-0.39, 0.29) is 24.2 Å². The van der Waals surface area contributed by atoms with Gasteiger partial charge in [0.15, 0.2) is 5.78 Å². The number of hydrogen-bond acceptors (Lipinski definition) is 5. The van der Waals surface area contributed by atoms with Gasteiger partial charge in [0.2, 0.25) is 0 Å². The monoisotopic (exact) mass is 439 g/mol. The molecule has 0 saturated heterocycles. The van der Waals surface area contributed by atoms with E-state index in [1.807, 2.05) is 31.4 Å². The fourth-order valence-corrected chi connectivity index (χ4v) is 5.21. The summed E-state index contributed by atoms with van der Waals surface area (Å²) in [6, 6.07) is 10.4. The summed E-state index contributed by atoms with van der Waals surface area (Å²) in [6.07, 6.45) is 0.998. The Labute approximate surface area is 185 Å². The second-order valence-electron chi connectivity index (χ2n) is 8.55. The Hall–Kier alpha value is -2.73. The lowest BCUT2D eigenvalue weighted by Crippen LogP contribution is -2.36. The molecule has 0 saturated carbocycles. The third-order valence-electron chi connectivity index (χ3n) is 5.76. The van der Waals surface area contributed by atoms with Gasteiger partial charge < -0.3 is 10.1 Å². The van der Waals surface area contributed by atoms with Gasteiger partial charge in [0, 0.05) is 39.7 Å². The molecular formula is C25H26FNO3S. The normalized spacial score (nSPS) is 21.3. The van der Waals surface area contributed by atoms with Crippen LogP contribution in [0.4, 0.5) is 4.39 Å². The molecule has 2 heterocycles. The molecule has 1 aromatic heterocycles. The van der Waals surface area contributed by atoms with Gasteiger partial charge in [0.1, 0.15) is 5.82 Å². The van der Waals surface area contributed by atoms with Crippen LogP contribution in [-0.2, 0) is 14.3 Å². The van der Waals surface area contributed by atoms with E-state index < -0.39 is 17.7 Å². The van der Waals surface area contributed by atoms with Crippen LogP contribution in [0, 0.1) is 11.7 Å². The Morgan fingerprint density at radius 3 is 2.68 bits per heavy atom. The Morgan fingerprint density at radius 1 is 1.23 bits per heavy atom. The van der Waals surface area contributed by atoms with Crippen molar-refractivity contribution < 1.29 is 18.7 Å². The van der Waals surface area contributed by atoms with Crippen LogP contribution in [0.5, 0.6) is 0 Å². The maximum Gasteiger partial charge on any atom is 0.336 e. The summed E-state index contributed by atoms with van der Waals surface area (Å²) < 4.78 is 20.4. The van der Waals surface area contributed by atoms with Crippen LogP contribution < -0.4 is 5.32 Å². The summed E-state index contributed by atoms with van der Waals surface area (Å²) in [4.78, 5) is 27.6. The highest BCUT2D eigenvalue weighted by atomic mass is 32.1. The number of halogens is 1. The number of thiophene rings is 1. The number of dihydropyridines is 1. The zero-order valence-electron chi connectivity index (χ0n) is 17.9. The van der Waals surface area contributed by atoms with Crippen LogP contribution in [0.2, 0.25) is 0 Å². The first kappa shape index (κ1) is 21.5. The van der Waals surface area contributed by atoms with Crippen molar-refractivity contribution in [1.29, 1.82) is 0 Å². The number of carbonyl (C=O) groups excluding carboxylic acids is 2. The quantitative estimate of drug-likeness (QED) is 0.630. The summed E-state index contributed by atoms with van der Waals surface area (Å²) in [5.74, 6) is -1.51. The number of esters is 1. The van der Waals surface area contributed by atoms with E-state index in [0.717, 1.165) is 10.6 Å². The van der Waals surface area contributed by atoms with Gasteiger partial charge in [-0.05, 0) is 36.8 Å². The second-order valence-corrected chi connectivity index (χ2v) is 9.53. The number of hydrogen-bond donors (Lipinski definition) is 1. The van der Waals surface area contributed by atoms with E-state index in [2.05, 4.69) is 5.32 Å². The summed E-state index contributed by atoms with van der Waals surface area (Å²) >= 11 is 1.64. The van der Waals surface area contributed by atoms with E-state index in [1.54, 1.807) is 36.5 Å². The molecule has 0 radical (unpaired) electrons. The lowest BCUT2D eigenvalue weighted by molar-refractivity contribution is -0.140. The molecular weight excluding hydrogens is 413 g/mol. The zero-order chi connectivity index (χ0) is 22.1. The molecule has 1 aliphatic carbocycles. The topological polar surface area (TPSA) is 55.4 Å². The smallest absolute Gasteiger partial charge is 0.336 e. The summed E-state index contributed by atoms with van der Waals surface area (Å²) in [7, 11) is 0. The minimum atomic E-state index is -0.770. The van der Waals surface area contributed by atoms with Crippen molar-refractivity contribution in [2.24, 2.45) is 5.92 Å². The van der Waals surface area contributed by atoms with Crippen molar-refractivity contribution in [3.8, 4) is 0 Å². The molecule has 0 spiro atoms. The minimum Gasteiger partial charge on any atom is -0.462 e. The molecule has 1 N–H and O–H groups in total. The van der Waals surface area contributed by atoms with Crippen LogP contribution in [0.1, 0.15) is 55.9 Å². The molecule has 4 nitrogen and oxygen atoms in total. The first-order valence-corrected chi connectivity index (χ1v) is 11.4. The second kappa shape index (κ2) is 8.79. The van der Waals surface area contributed by atoms with E-state index in [9.17, 15) is 14.0 Å². The molecule has 0 fully saturated rings. The molecule has 1 aliphatic heterocycles. The predicted octanol–water partition coefficient (Wildman–Crippen LogP) is 5.45. The first-order valence-electron chi connectivity index (χ1n) is 10.6. The van der Waals surface area contributed by atoms with Crippen LogP contribution in [-0.4, -0.2) is 18.4 Å². The number of ketones is 1. The predicted molar refractivity (Wildman–Crippen MR) is 119 cm³/mol. The maximum absolute atomic E-state index is 14.9. The highest BCUT2D eigenvalue weighted by molar-refractivity contribution is 7.10. The van der Waals surface area contributed by atoms with Gasteiger partial charge in [0.05, 0.1) is 18.1 Å². The number of benzene rings is 1. The molecule has 162 valence electrons. The molecule has 4 rings (SSSR count). The lowest BCUT2D eigenvalue weighted by Gasteiger charge is -2.36. The SMILES string of the molecule is CC1=C(C(=O)OCC(C)C)[C@@H](c2ccccc2F)C2=C(C[C@@H](c3cccs3)CC2=O)N1. The number of allylic oxidation sites excluding steroid dienone is 3. The maximum atomic E-state index is 14.9. The summed E-state index contributed by atoms with van der Waals surface area (Å²) in [6.45, 7) is 5.97. The Kier molecular flexibility index (Phi) is 6.10. The molecule has 31 heavy (non-hydrogen) atoms. The van der Waals surface area contributed by atoms with Gasteiger partial charge in [-0.15, -0.1) is 11.3 Å². The number of nitrogens with one attached hydrogen (secondary N) is 1. The number of ether oxygens (including phenoxy) is 1. The van der Waals surface area contributed by atoms with E-state index in [1.165, 1.54) is 6.07 Å². The van der Waals surface area contributed by atoms with Crippen molar-refractivity contribution in [2.45, 2.75) is 45.4 Å². The van der Waals surface area contributed by atoms with Gasteiger partial charge in [-0.3, -0.25) is 4.79 Å². The summed E-state index contributed by atoms with van der Waals surface area (Å²) in [5, 5.41) is 5.31. The number of Topliss-reactive ketones (excluding diaryl/α,β-unsaturated/α-hetero) is 1. The highest BCUT2D eigenvalue weighted by Crippen LogP contribution is 2.46. The van der Waals surface area contributed by atoms with Gasteiger partial charge in [-0.25, -0.2) is 9.18 Å². The molecule has 6 heteroatoms. The van der Waals surface area contributed by atoms with Crippen LogP contribution in [0.25, 0.3) is 0 Å². The van der Waals surface area contributed by atoms with Crippen LogP contribution in [0.3, 0.4) is 0 Å². The molecule has 0 bridgehead atoms. The minimum absolute atomic E-state index is 0.0536. The number of rotatable bonds is 5. The lowest BCUT2D eigenvalue weighted by atomic mass is 9.72. The fraction of sp³-hybridized carbons (Fsp3) is 0.360. The summed E-state index contributed by atoms with van der Waals surface area (Å²) in [5.41, 5.74) is 2.52. The van der Waals surface area contributed by atoms with Crippen molar-refractivity contribution in [1.82, 2.24) is 5.32 Å².